The monoisotopic (exact) mass is 487 g/mol. The number of ether oxygens (including phenoxy) is 1. The number of nitrogens with two attached hydrogens (primary N) is 1. The number of fused-ring (bicyclic) bond motifs is 1. The number of hydrogen-bond acceptors (Lipinski definition) is 8. The molecule has 0 unspecified atom stereocenters. The first-order valence-corrected chi connectivity index (χ1v) is 12.6. The Labute approximate surface area is 202 Å². The van der Waals surface area contributed by atoms with Gasteiger partial charge in [0.25, 0.3) is 5.91 Å². The van der Waals surface area contributed by atoms with E-state index in [9.17, 15) is 4.79 Å². The van der Waals surface area contributed by atoms with E-state index in [0.29, 0.717) is 57.8 Å². The summed E-state index contributed by atoms with van der Waals surface area (Å²) >= 11 is 1.58. The van der Waals surface area contributed by atoms with Gasteiger partial charge in [0, 0.05) is 71.0 Å². The van der Waals surface area contributed by atoms with Gasteiger partial charge >= 0.3 is 0 Å². The molecule has 0 radical (unpaired) electrons. The summed E-state index contributed by atoms with van der Waals surface area (Å²) in [5.74, 6) is 0.912. The zero-order valence-electron chi connectivity index (χ0n) is 19.3. The van der Waals surface area contributed by atoms with Gasteiger partial charge in [0.2, 0.25) is 0 Å². The highest BCUT2D eigenvalue weighted by Gasteiger charge is 2.48. The van der Waals surface area contributed by atoms with Crippen molar-refractivity contribution >= 4 is 28.8 Å². The average Bonchev–Trinajstić information content (AvgIpc) is 3.29. The molecule has 2 aromatic heterocycles. The zero-order chi connectivity index (χ0) is 23.8. The molecule has 0 bridgehead atoms. The fraction of sp³-hybridized carbons (Fsp3) is 0.542. The number of likely N-dealkylation sites (tertiary alicyclic amines) is 2. The number of amides is 1. The van der Waals surface area contributed by atoms with Crippen LogP contribution in [0.3, 0.4) is 0 Å². The van der Waals surface area contributed by atoms with Gasteiger partial charge in [-0.2, -0.15) is 0 Å². The van der Waals surface area contributed by atoms with Gasteiger partial charge in [-0.05, 0) is 29.1 Å². The Balaban J connectivity index is 1.18. The minimum Gasteiger partial charge on any atom is -0.485 e. The molecule has 182 valence electrons. The minimum atomic E-state index is -1.81. The fourth-order valence-electron chi connectivity index (χ4n) is 5.24. The van der Waals surface area contributed by atoms with Crippen molar-refractivity contribution in [2.24, 2.45) is 5.16 Å². The molecule has 0 saturated carbocycles. The molecular formula is C24H30FN5O3S. The summed E-state index contributed by atoms with van der Waals surface area (Å²) in [6.07, 6.45) is 4.00. The number of nitrogens with zero attached hydrogens (tertiary/aromatic N) is 4. The van der Waals surface area contributed by atoms with Gasteiger partial charge in [0.15, 0.2) is 5.67 Å². The second-order valence-corrected chi connectivity index (χ2v) is 10.3. The molecule has 3 aliphatic rings. The van der Waals surface area contributed by atoms with Crippen molar-refractivity contribution in [1.29, 1.82) is 0 Å². The maximum atomic E-state index is 15.8. The number of nitrogen functional groups attached to an aromatic ring is 1. The van der Waals surface area contributed by atoms with Crippen molar-refractivity contribution in [3.63, 3.8) is 0 Å². The number of carbonyl (C=O) groups excluding carboxylic acids is 1. The maximum Gasteiger partial charge on any atom is 0.260 e. The van der Waals surface area contributed by atoms with E-state index in [2.05, 4.69) is 15.0 Å². The standard InChI is InChI=1S/C24H30FN5O3S/c1-32-28-18-15-23(33-19-3-13-34-21(18)19)4-11-30(12-5-23)22(31)24(25)6-9-29(10-7-24)16-17-2-8-27-20(26)14-17/h2-3,8,13-14H,4-7,9-12,15-16H2,1H3,(H2,26,27)/b28-18+. The molecule has 8 nitrogen and oxygen atoms in total. The number of halogens is 1. The molecule has 2 N–H and O–H groups in total. The highest BCUT2D eigenvalue weighted by Crippen LogP contribution is 2.42. The Bertz CT molecular complexity index is 1070. The number of carbonyl (C=O) groups is 1. The summed E-state index contributed by atoms with van der Waals surface area (Å²) in [7, 11) is 1.54. The quantitative estimate of drug-likeness (QED) is 0.666. The summed E-state index contributed by atoms with van der Waals surface area (Å²) in [6, 6.07) is 5.70. The number of hydrogen-bond donors (Lipinski definition) is 1. The van der Waals surface area contributed by atoms with E-state index >= 15 is 4.39 Å². The summed E-state index contributed by atoms with van der Waals surface area (Å²) in [5, 5.41) is 6.20. The van der Waals surface area contributed by atoms with Crippen molar-refractivity contribution in [2.75, 3.05) is 39.0 Å². The van der Waals surface area contributed by atoms with Crippen LogP contribution in [0.4, 0.5) is 10.2 Å². The third-order valence-corrected chi connectivity index (χ3v) is 8.10. The molecular weight excluding hydrogens is 457 g/mol. The molecule has 2 aromatic rings. The molecule has 5 rings (SSSR count). The molecule has 10 heteroatoms. The van der Waals surface area contributed by atoms with Crippen molar-refractivity contribution < 1.29 is 18.8 Å². The molecule has 0 aromatic carbocycles. The first-order valence-electron chi connectivity index (χ1n) is 11.7. The van der Waals surface area contributed by atoms with E-state index in [4.69, 9.17) is 15.3 Å². The SMILES string of the molecule is CO/N=C1\CC2(CCN(C(=O)C3(F)CCN(Cc4ccnc(N)c4)CC3)CC2)Oc2ccsc21. The lowest BCUT2D eigenvalue weighted by Gasteiger charge is -2.46. The second-order valence-electron chi connectivity index (χ2n) is 9.42. The Morgan fingerprint density at radius 1 is 1.26 bits per heavy atom. The predicted octanol–water partition coefficient (Wildman–Crippen LogP) is 3.22. The molecule has 1 amide bonds. The van der Waals surface area contributed by atoms with E-state index in [1.54, 1.807) is 29.5 Å². The Hall–Kier alpha value is -2.72. The van der Waals surface area contributed by atoms with Crippen LogP contribution in [0.25, 0.3) is 0 Å². The van der Waals surface area contributed by atoms with Crippen LogP contribution in [0.2, 0.25) is 0 Å². The molecule has 2 fully saturated rings. The number of piperidine rings is 2. The van der Waals surface area contributed by atoms with Crippen LogP contribution in [0.5, 0.6) is 5.75 Å². The van der Waals surface area contributed by atoms with Crippen LogP contribution in [0, 0.1) is 0 Å². The second kappa shape index (κ2) is 9.14. The number of rotatable bonds is 4. The van der Waals surface area contributed by atoms with Gasteiger partial charge in [-0.3, -0.25) is 9.69 Å². The lowest BCUT2D eigenvalue weighted by Crippen LogP contribution is -2.57. The summed E-state index contributed by atoms with van der Waals surface area (Å²) in [5.41, 5.74) is 5.44. The van der Waals surface area contributed by atoms with Crippen molar-refractivity contribution in [2.45, 2.75) is 49.9 Å². The first-order chi connectivity index (χ1) is 16.4. The van der Waals surface area contributed by atoms with E-state index in [1.807, 2.05) is 23.6 Å². The normalized spacial score (nSPS) is 22.9. The Kier molecular flexibility index (Phi) is 6.20. The number of alkyl halides is 1. The zero-order valence-corrected chi connectivity index (χ0v) is 20.2. The van der Waals surface area contributed by atoms with Crippen molar-refractivity contribution in [3.05, 3.63) is 40.2 Å². The van der Waals surface area contributed by atoms with Crippen molar-refractivity contribution in [3.8, 4) is 5.75 Å². The van der Waals surface area contributed by atoms with Crippen LogP contribution in [-0.4, -0.2) is 71.0 Å². The van der Waals surface area contributed by atoms with E-state index in [-0.39, 0.29) is 18.7 Å². The predicted molar refractivity (Wildman–Crippen MR) is 129 cm³/mol. The number of oxime groups is 1. The van der Waals surface area contributed by atoms with E-state index in [0.717, 1.165) is 21.9 Å². The largest absolute Gasteiger partial charge is 0.485 e. The molecule has 34 heavy (non-hydrogen) atoms. The summed E-state index contributed by atoms with van der Waals surface area (Å²) in [4.78, 5) is 27.1. The number of anilines is 1. The number of aromatic nitrogens is 1. The summed E-state index contributed by atoms with van der Waals surface area (Å²) < 4.78 is 22.1. The average molecular weight is 488 g/mol. The van der Waals surface area contributed by atoms with Crippen LogP contribution in [0.15, 0.2) is 34.9 Å². The third kappa shape index (κ3) is 4.48. The molecule has 0 aliphatic carbocycles. The highest BCUT2D eigenvalue weighted by atomic mass is 32.1. The fourth-order valence-corrected chi connectivity index (χ4v) is 6.04. The lowest BCUT2D eigenvalue weighted by atomic mass is 9.83. The van der Waals surface area contributed by atoms with Gasteiger partial charge in [-0.15, -0.1) is 11.3 Å². The van der Waals surface area contributed by atoms with Crippen molar-refractivity contribution in [1.82, 2.24) is 14.8 Å². The molecule has 0 atom stereocenters. The lowest BCUT2D eigenvalue weighted by molar-refractivity contribution is -0.151. The number of thiophene rings is 1. The molecule has 1 spiro atoms. The van der Waals surface area contributed by atoms with Crippen LogP contribution in [-0.2, 0) is 16.2 Å². The van der Waals surface area contributed by atoms with E-state index < -0.39 is 11.3 Å². The topological polar surface area (TPSA) is 93.3 Å². The van der Waals surface area contributed by atoms with Gasteiger partial charge in [-0.1, -0.05) is 5.16 Å². The minimum absolute atomic E-state index is 0.202. The summed E-state index contributed by atoms with van der Waals surface area (Å²) in [6.45, 7) is 2.69. The van der Waals surface area contributed by atoms with Crippen LogP contribution >= 0.6 is 11.3 Å². The van der Waals surface area contributed by atoms with Gasteiger partial charge in [-0.25, -0.2) is 9.37 Å². The molecule has 3 aliphatic heterocycles. The number of pyridine rings is 1. The molecule has 2 saturated heterocycles. The van der Waals surface area contributed by atoms with Crippen LogP contribution < -0.4 is 10.5 Å². The third-order valence-electron chi connectivity index (χ3n) is 7.15. The van der Waals surface area contributed by atoms with Gasteiger partial charge in [0.1, 0.15) is 30.0 Å². The molecule has 5 heterocycles. The smallest absolute Gasteiger partial charge is 0.260 e. The maximum absolute atomic E-state index is 15.8. The van der Waals surface area contributed by atoms with E-state index in [1.165, 1.54) is 0 Å². The van der Waals surface area contributed by atoms with Gasteiger partial charge in [0.05, 0.1) is 4.88 Å². The van der Waals surface area contributed by atoms with Crippen LogP contribution in [0.1, 0.15) is 42.5 Å². The Morgan fingerprint density at radius 2 is 2.03 bits per heavy atom. The highest BCUT2D eigenvalue weighted by molar-refractivity contribution is 7.12. The first kappa shape index (κ1) is 23.0. The van der Waals surface area contributed by atoms with Gasteiger partial charge < -0.3 is 20.2 Å². The Morgan fingerprint density at radius 3 is 2.74 bits per heavy atom.